The molecule has 2 aliphatic heterocycles. The number of carbonyl (C=O) groups excluding carboxylic acids is 1. The molecule has 0 spiro atoms. The number of para-hydroxylation sites is 1. The van der Waals surface area contributed by atoms with E-state index in [0.29, 0.717) is 16.6 Å². The van der Waals surface area contributed by atoms with Gasteiger partial charge in [-0.1, -0.05) is 60.3 Å². The van der Waals surface area contributed by atoms with Gasteiger partial charge in [-0.2, -0.15) is 0 Å². The minimum Gasteiger partial charge on any atom is -0.457 e. The van der Waals surface area contributed by atoms with E-state index in [-0.39, 0.29) is 5.91 Å². The number of rotatable bonds is 6. The molecule has 2 heterocycles. The zero-order valence-corrected chi connectivity index (χ0v) is 23.3. The number of allylic oxidation sites excluding steroid dienone is 2. The van der Waals surface area contributed by atoms with Crippen molar-refractivity contribution in [3.05, 3.63) is 113 Å². The molecule has 0 bridgehead atoms. The summed E-state index contributed by atoms with van der Waals surface area (Å²) < 4.78 is 5.89. The maximum absolute atomic E-state index is 13.2. The number of carbonyl (C=O) groups is 1. The molecule has 39 heavy (non-hydrogen) atoms. The van der Waals surface area contributed by atoms with E-state index in [2.05, 4.69) is 54.3 Å². The van der Waals surface area contributed by atoms with Crippen molar-refractivity contribution in [3.63, 3.8) is 0 Å². The van der Waals surface area contributed by atoms with E-state index >= 15 is 0 Å². The first-order chi connectivity index (χ1) is 19.1. The second-order valence-corrected chi connectivity index (χ2v) is 11.0. The average Bonchev–Trinajstić information content (AvgIpc) is 3.49. The molecular weight excluding hydrogens is 523 g/mol. The summed E-state index contributed by atoms with van der Waals surface area (Å²) in [5, 5.41) is 4.30. The molecule has 2 aliphatic rings. The third-order valence-corrected chi connectivity index (χ3v) is 8.78. The van der Waals surface area contributed by atoms with Crippen LogP contribution in [0.3, 0.4) is 0 Å². The SMILES string of the molecule is CCN1C(=O)C(=CC=C2Sc3c(ccc4ccccc34)N2CC)SC1=Nc1ccc(Oc2ccccc2)cc1. The Morgan fingerprint density at radius 1 is 0.769 bits per heavy atom. The van der Waals surface area contributed by atoms with Crippen molar-refractivity contribution in [2.75, 3.05) is 18.0 Å². The van der Waals surface area contributed by atoms with Crippen LogP contribution in [-0.2, 0) is 4.79 Å². The van der Waals surface area contributed by atoms with Crippen molar-refractivity contribution in [1.29, 1.82) is 0 Å². The number of anilines is 1. The first-order valence-electron chi connectivity index (χ1n) is 12.9. The zero-order valence-electron chi connectivity index (χ0n) is 21.7. The number of fused-ring (bicyclic) bond motifs is 3. The van der Waals surface area contributed by atoms with Gasteiger partial charge in [0.15, 0.2) is 5.17 Å². The second-order valence-electron chi connectivity index (χ2n) is 8.97. The van der Waals surface area contributed by atoms with Crippen LogP contribution in [0.1, 0.15) is 13.8 Å². The molecule has 194 valence electrons. The number of amides is 1. The number of amidine groups is 1. The molecule has 5 nitrogen and oxygen atoms in total. The third-order valence-electron chi connectivity index (χ3n) is 6.56. The number of hydrogen-bond acceptors (Lipinski definition) is 6. The molecule has 0 radical (unpaired) electrons. The smallest absolute Gasteiger partial charge is 0.266 e. The van der Waals surface area contributed by atoms with Crippen molar-refractivity contribution in [1.82, 2.24) is 4.90 Å². The van der Waals surface area contributed by atoms with Gasteiger partial charge in [0.1, 0.15) is 11.5 Å². The molecule has 4 aromatic carbocycles. The Morgan fingerprint density at radius 2 is 1.49 bits per heavy atom. The van der Waals surface area contributed by atoms with Crippen LogP contribution in [-0.4, -0.2) is 29.1 Å². The van der Waals surface area contributed by atoms with E-state index in [4.69, 9.17) is 9.73 Å². The molecule has 0 aromatic heterocycles. The number of nitrogens with zero attached hydrogens (tertiary/aromatic N) is 3. The Bertz CT molecular complexity index is 1630. The lowest BCUT2D eigenvalue weighted by atomic mass is 10.1. The highest BCUT2D eigenvalue weighted by molar-refractivity contribution is 8.18. The number of thioether (sulfide) groups is 2. The molecule has 0 unspecified atom stereocenters. The molecule has 4 aromatic rings. The molecular formula is C32H27N3O2S2. The van der Waals surface area contributed by atoms with Crippen LogP contribution >= 0.6 is 23.5 Å². The molecule has 1 amide bonds. The van der Waals surface area contributed by atoms with Crippen molar-refractivity contribution in [2.24, 2.45) is 4.99 Å². The van der Waals surface area contributed by atoms with Gasteiger partial charge in [-0.3, -0.25) is 9.69 Å². The third kappa shape index (κ3) is 5.07. The van der Waals surface area contributed by atoms with Gasteiger partial charge in [0.05, 0.1) is 21.3 Å². The monoisotopic (exact) mass is 549 g/mol. The van der Waals surface area contributed by atoms with Crippen LogP contribution in [0, 0.1) is 0 Å². The Morgan fingerprint density at radius 3 is 2.26 bits per heavy atom. The minimum absolute atomic E-state index is 0.0175. The number of hydrogen-bond donors (Lipinski definition) is 0. The number of ether oxygens (including phenoxy) is 1. The average molecular weight is 550 g/mol. The van der Waals surface area contributed by atoms with Crippen LogP contribution in [0.4, 0.5) is 11.4 Å². The summed E-state index contributed by atoms with van der Waals surface area (Å²) in [7, 11) is 0. The summed E-state index contributed by atoms with van der Waals surface area (Å²) in [5.74, 6) is 1.51. The van der Waals surface area contributed by atoms with Gasteiger partial charge in [0.25, 0.3) is 5.91 Å². The molecule has 1 fully saturated rings. The number of benzene rings is 4. The summed E-state index contributed by atoms with van der Waals surface area (Å²) in [5.41, 5.74) is 1.99. The van der Waals surface area contributed by atoms with Crippen LogP contribution in [0.5, 0.6) is 11.5 Å². The lowest BCUT2D eigenvalue weighted by Crippen LogP contribution is -2.28. The lowest BCUT2D eigenvalue weighted by Gasteiger charge is -2.17. The standard InChI is InChI=1S/C32H27N3O2S2/c1-3-34-27-19-14-22-10-8-9-13-26(22)30(27)39-29(34)21-20-28-31(36)35(4-2)32(38-28)33-23-15-17-25(18-16-23)37-24-11-6-5-7-12-24/h5-21H,3-4H2,1-2H3. The van der Waals surface area contributed by atoms with Gasteiger partial charge in [0, 0.05) is 18.0 Å². The zero-order chi connectivity index (χ0) is 26.8. The molecule has 1 saturated heterocycles. The fourth-order valence-electron chi connectivity index (χ4n) is 4.63. The van der Waals surface area contributed by atoms with E-state index in [0.717, 1.165) is 28.8 Å². The van der Waals surface area contributed by atoms with Crippen molar-refractivity contribution < 1.29 is 9.53 Å². The van der Waals surface area contributed by atoms with Crippen molar-refractivity contribution in [3.8, 4) is 11.5 Å². The van der Waals surface area contributed by atoms with Gasteiger partial charge in [-0.05, 0) is 91.0 Å². The molecule has 0 N–H and O–H groups in total. The molecule has 0 saturated carbocycles. The van der Waals surface area contributed by atoms with Crippen LogP contribution in [0.2, 0.25) is 0 Å². The maximum Gasteiger partial charge on any atom is 0.266 e. The van der Waals surface area contributed by atoms with Crippen LogP contribution in [0.25, 0.3) is 10.8 Å². The van der Waals surface area contributed by atoms with Gasteiger partial charge in [-0.25, -0.2) is 4.99 Å². The summed E-state index contributed by atoms with van der Waals surface area (Å²) in [6, 6.07) is 30.1. The van der Waals surface area contributed by atoms with Crippen molar-refractivity contribution >= 4 is 56.7 Å². The predicted octanol–water partition coefficient (Wildman–Crippen LogP) is 8.57. The largest absolute Gasteiger partial charge is 0.457 e. The Balaban J connectivity index is 1.23. The van der Waals surface area contributed by atoms with Crippen LogP contribution < -0.4 is 9.64 Å². The van der Waals surface area contributed by atoms with Gasteiger partial charge in [0.2, 0.25) is 0 Å². The minimum atomic E-state index is -0.0175. The van der Waals surface area contributed by atoms with E-state index < -0.39 is 0 Å². The molecule has 0 atom stereocenters. The lowest BCUT2D eigenvalue weighted by molar-refractivity contribution is -0.122. The predicted molar refractivity (Wildman–Crippen MR) is 164 cm³/mol. The number of likely N-dealkylation sites (N-methyl/N-ethyl adjacent to an activating group) is 1. The Labute approximate surface area is 236 Å². The fraction of sp³-hybridized carbons (Fsp3) is 0.125. The Kier molecular flexibility index (Phi) is 7.18. The first kappa shape index (κ1) is 25.3. The second kappa shape index (κ2) is 11.0. The first-order valence-corrected chi connectivity index (χ1v) is 14.6. The van der Waals surface area contributed by atoms with E-state index in [1.807, 2.05) is 67.6 Å². The fourth-order valence-corrected chi connectivity index (χ4v) is 6.90. The molecule has 7 heteroatoms. The van der Waals surface area contributed by atoms with Gasteiger partial charge < -0.3 is 9.64 Å². The van der Waals surface area contributed by atoms with E-state index in [9.17, 15) is 4.79 Å². The summed E-state index contributed by atoms with van der Waals surface area (Å²) >= 11 is 3.18. The van der Waals surface area contributed by atoms with E-state index in [1.54, 1.807) is 16.7 Å². The molecule has 6 rings (SSSR count). The quantitative estimate of drug-likeness (QED) is 0.225. The molecule has 0 aliphatic carbocycles. The Hall–Kier alpha value is -3.94. The number of aliphatic imine (C=N–C) groups is 1. The van der Waals surface area contributed by atoms with Crippen molar-refractivity contribution in [2.45, 2.75) is 18.7 Å². The van der Waals surface area contributed by atoms with E-state index in [1.165, 1.54) is 33.1 Å². The topological polar surface area (TPSA) is 45.1 Å². The van der Waals surface area contributed by atoms with Gasteiger partial charge >= 0.3 is 0 Å². The summed E-state index contributed by atoms with van der Waals surface area (Å²) in [6.07, 6.45) is 4.00. The maximum atomic E-state index is 13.2. The highest BCUT2D eigenvalue weighted by Gasteiger charge is 2.32. The summed E-state index contributed by atoms with van der Waals surface area (Å²) in [6.45, 7) is 5.54. The van der Waals surface area contributed by atoms with Gasteiger partial charge in [-0.15, -0.1) is 0 Å². The summed E-state index contributed by atoms with van der Waals surface area (Å²) in [4.78, 5) is 24.0. The highest BCUT2D eigenvalue weighted by Crippen LogP contribution is 2.49. The normalized spacial score (nSPS) is 18.1. The highest BCUT2D eigenvalue weighted by atomic mass is 32.2. The van der Waals surface area contributed by atoms with Crippen LogP contribution in [0.15, 0.2) is 123 Å².